The molecule has 6 N–H and O–H groups in total. The molecule has 1 heterocycles. The van der Waals surface area contributed by atoms with Gasteiger partial charge in [0.05, 0.1) is 4.90 Å². The van der Waals surface area contributed by atoms with Gasteiger partial charge in [-0.3, -0.25) is 11.2 Å². The third-order valence-electron chi connectivity index (χ3n) is 2.40. The summed E-state index contributed by atoms with van der Waals surface area (Å²) in [7, 11) is -3.21. The Morgan fingerprint density at radius 1 is 1.29 bits per heavy atom. The smallest absolute Gasteiger partial charge is 0.209 e. The fourth-order valence-corrected chi connectivity index (χ4v) is 2.13. The van der Waals surface area contributed by atoms with Crippen molar-refractivity contribution in [3.8, 4) is 0 Å². The number of benzene rings is 1. The summed E-state index contributed by atoms with van der Waals surface area (Å²) in [4.78, 5) is 4.21. The maximum absolute atomic E-state index is 11.3. The van der Waals surface area contributed by atoms with Crippen LogP contribution in [0.15, 0.2) is 34.2 Å². The van der Waals surface area contributed by atoms with Gasteiger partial charge < -0.3 is 5.73 Å². The Hall–Kier alpha value is -1.64. The molecule has 0 saturated heterocycles. The van der Waals surface area contributed by atoms with Gasteiger partial charge in [-0.15, -0.1) is 0 Å². The fraction of sp³-hybridized carbons (Fsp3) is 0.222. The average Bonchev–Trinajstić information content (AvgIpc) is 2.59. The van der Waals surface area contributed by atoms with Crippen LogP contribution in [0, 0.1) is 0 Å². The molecule has 7 nitrogen and oxygen atoms in total. The highest BCUT2D eigenvalue weighted by Crippen LogP contribution is 2.20. The molecule has 1 aromatic carbocycles. The van der Waals surface area contributed by atoms with Crippen molar-refractivity contribution < 1.29 is 8.42 Å². The first-order valence-electron chi connectivity index (χ1n) is 4.79. The molecule has 0 aromatic heterocycles. The van der Waals surface area contributed by atoms with E-state index >= 15 is 0 Å². The van der Waals surface area contributed by atoms with Crippen molar-refractivity contribution in [3.63, 3.8) is 0 Å². The minimum absolute atomic E-state index is 0.180. The number of nitrogens with zero attached hydrogens (tertiary/aromatic N) is 1. The summed E-state index contributed by atoms with van der Waals surface area (Å²) in [6.07, 6.45) is 1.14. The van der Waals surface area contributed by atoms with Crippen LogP contribution in [0.5, 0.6) is 0 Å². The zero-order valence-corrected chi connectivity index (χ0v) is 9.95. The van der Waals surface area contributed by atoms with Gasteiger partial charge in [0.2, 0.25) is 11.7 Å². The zero-order chi connectivity index (χ0) is 12.7. The molecule has 0 bridgehead atoms. The highest BCUT2D eigenvalue weighted by Gasteiger charge is 2.31. The number of nitrogens with one attached hydrogen (secondary N) is 2. The van der Waals surface area contributed by atoms with E-state index in [1.54, 1.807) is 12.1 Å². The molecule has 8 heteroatoms. The average molecular weight is 255 g/mol. The lowest BCUT2D eigenvalue weighted by Gasteiger charge is -2.20. The van der Waals surface area contributed by atoms with Crippen molar-refractivity contribution in [1.82, 2.24) is 10.9 Å². The summed E-state index contributed by atoms with van der Waals surface area (Å²) < 4.78 is 22.6. The van der Waals surface area contributed by atoms with Crippen molar-refractivity contribution in [1.29, 1.82) is 0 Å². The summed E-state index contributed by atoms with van der Waals surface area (Å²) in [6.45, 7) is 0. The Morgan fingerprint density at radius 3 is 2.29 bits per heavy atom. The number of hydrogen-bond acceptors (Lipinski definition) is 7. The van der Waals surface area contributed by atoms with Gasteiger partial charge in [-0.2, -0.15) is 5.43 Å². The van der Waals surface area contributed by atoms with Gasteiger partial charge in [0.1, 0.15) is 0 Å². The Kier molecular flexibility index (Phi) is 2.57. The predicted octanol–water partition coefficient (Wildman–Crippen LogP) is -1.42. The van der Waals surface area contributed by atoms with E-state index in [9.17, 15) is 8.42 Å². The Bertz CT molecular complexity index is 566. The minimum Gasteiger partial charge on any atom is -0.369 e. The lowest BCUT2D eigenvalue weighted by atomic mass is 10.1. The fourth-order valence-electron chi connectivity index (χ4n) is 1.50. The number of hydrazine groups is 1. The van der Waals surface area contributed by atoms with Crippen LogP contribution < -0.4 is 22.3 Å². The van der Waals surface area contributed by atoms with Gasteiger partial charge in [0.25, 0.3) is 0 Å². The Morgan fingerprint density at radius 2 is 1.88 bits per heavy atom. The molecule has 0 radical (unpaired) electrons. The van der Waals surface area contributed by atoms with E-state index in [-0.39, 0.29) is 10.9 Å². The highest BCUT2D eigenvalue weighted by molar-refractivity contribution is 7.90. The zero-order valence-electron chi connectivity index (χ0n) is 9.14. The summed E-state index contributed by atoms with van der Waals surface area (Å²) in [6, 6.07) is 6.14. The van der Waals surface area contributed by atoms with Crippen LogP contribution >= 0.6 is 0 Å². The van der Waals surface area contributed by atoms with Gasteiger partial charge in [0, 0.05) is 11.8 Å². The first-order chi connectivity index (χ1) is 7.81. The van der Waals surface area contributed by atoms with Crippen LogP contribution in [-0.2, 0) is 15.6 Å². The topological polar surface area (TPSA) is 123 Å². The maximum atomic E-state index is 11.3. The summed E-state index contributed by atoms with van der Waals surface area (Å²) in [5.41, 5.74) is 17.3. The Labute approximate surface area is 98.8 Å². The van der Waals surface area contributed by atoms with Crippen LogP contribution in [0.1, 0.15) is 5.56 Å². The van der Waals surface area contributed by atoms with Crippen LogP contribution in [0.4, 0.5) is 0 Å². The molecule has 1 aromatic rings. The molecule has 0 amide bonds. The monoisotopic (exact) mass is 255 g/mol. The largest absolute Gasteiger partial charge is 0.369 e. The number of guanidine groups is 1. The van der Waals surface area contributed by atoms with Crippen LogP contribution in [-0.4, -0.2) is 20.6 Å². The molecule has 1 aliphatic heterocycles. The molecule has 1 aliphatic rings. The normalized spacial score (nSPS) is 24.2. The van der Waals surface area contributed by atoms with Crippen molar-refractivity contribution in [2.75, 3.05) is 6.26 Å². The predicted molar refractivity (Wildman–Crippen MR) is 63.3 cm³/mol. The molecule has 2 rings (SSSR count). The van der Waals surface area contributed by atoms with Gasteiger partial charge in [-0.05, 0) is 12.1 Å². The van der Waals surface area contributed by atoms with Crippen molar-refractivity contribution >= 4 is 15.8 Å². The van der Waals surface area contributed by atoms with Gasteiger partial charge in [-0.1, -0.05) is 12.1 Å². The van der Waals surface area contributed by atoms with E-state index in [2.05, 4.69) is 15.8 Å². The minimum atomic E-state index is -3.21. The molecule has 17 heavy (non-hydrogen) atoms. The number of hydrogen-bond donors (Lipinski definition) is 4. The molecular formula is C9H13N5O2S. The molecule has 0 fully saturated rings. The maximum Gasteiger partial charge on any atom is 0.209 e. The molecule has 0 aliphatic carbocycles. The summed E-state index contributed by atoms with van der Waals surface area (Å²) in [5.74, 6) is -0.986. The number of aliphatic imine (C=N–C) groups is 1. The van der Waals surface area contributed by atoms with Crippen LogP contribution in [0.25, 0.3) is 0 Å². The number of nitrogens with two attached hydrogens (primary N) is 2. The second-order valence-corrected chi connectivity index (χ2v) is 5.83. The SMILES string of the molecule is CS(=O)(=O)c1ccc(C2(N)N=C(N)NN2)cc1. The Balaban J connectivity index is 2.37. The van der Waals surface area contributed by atoms with E-state index in [1.165, 1.54) is 12.1 Å². The van der Waals surface area contributed by atoms with E-state index < -0.39 is 15.6 Å². The molecule has 0 saturated carbocycles. The van der Waals surface area contributed by atoms with E-state index in [1.807, 2.05) is 0 Å². The third-order valence-corrected chi connectivity index (χ3v) is 3.53. The van der Waals surface area contributed by atoms with E-state index in [4.69, 9.17) is 11.5 Å². The van der Waals surface area contributed by atoms with Crippen molar-refractivity contribution in [2.45, 2.75) is 10.7 Å². The summed E-state index contributed by atoms with van der Waals surface area (Å²) >= 11 is 0. The molecule has 92 valence electrons. The lowest BCUT2D eigenvalue weighted by Crippen LogP contribution is -2.50. The number of sulfone groups is 1. The van der Waals surface area contributed by atoms with Crippen LogP contribution in [0.2, 0.25) is 0 Å². The second-order valence-electron chi connectivity index (χ2n) is 3.81. The standard InChI is InChI=1S/C9H13N5O2S/c1-17(15,16)7-4-2-6(3-5-7)9(11)12-8(10)13-14-9/h2-5,14H,11H2,1H3,(H3,10,12,13). The third kappa shape index (κ3) is 2.23. The number of rotatable bonds is 2. The first kappa shape index (κ1) is 11.8. The van der Waals surface area contributed by atoms with Gasteiger partial charge in [-0.25, -0.2) is 13.4 Å². The molecular weight excluding hydrogens is 242 g/mol. The quantitative estimate of drug-likeness (QED) is 0.514. The van der Waals surface area contributed by atoms with E-state index in [0.29, 0.717) is 5.56 Å². The van der Waals surface area contributed by atoms with E-state index in [0.717, 1.165) is 6.26 Å². The van der Waals surface area contributed by atoms with Gasteiger partial charge in [0.15, 0.2) is 9.84 Å². The van der Waals surface area contributed by atoms with Crippen molar-refractivity contribution in [3.05, 3.63) is 29.8 Å². The second kappa shape index (κ2) is 3.69. The van der Waals surface area contributed by atoms with Crippen LogP contribution in [0.3, 0.4) is 0 Å². The highest BCUT2D eigenvalue weighted by atomic mass is 32.2. The first-order valence-corrected chi connectivity index (χ1v) is 6.68. The molecule has 1 unspecified atom stereocenters. The molecule has 0 spiro atoms. The lowest BCUT2D eigenvalue weighted by molar-refractivity contribution is 0.375. The van der Waals surface area contributed by atoms with Crippen molar-refractivity contribution in [2.24, 2.45) is 16.5 Å². The molecule has 1 atom stereocenters. The van der Waals surface area contributed by atoms with Gasteiger partial charge >= 0.3 is 0 Å². The summed E-state index contributed by atoms with van der Waals surface area (Å²) in [5, 5.41) is 0.